The van der Waals surface area contributed by atoms with Crippen LogP contribution in [0.15, 0.2) is 0 Å². The Balaban J connectivity index is 3.99. The molecule has 0 aliphatic carbocycles. The highest BCUT2D eigenvalue weighted by Gasteiger charge is 2.26. The van der Waals surface area contributed by atoms with Gasteiger partial charge in [-0.2, -0.15) is 0 Å². The van der Waals surface area contributed by atoms with Crippen molar-refractivity contribution in [3.05, 3.63) is 0 Å². The minimum absolute atomic E-state index is 0.417. The molecule has 0 fully saturated rings. The normalized spacial score (nSPS) is 21.3. The Morgan fingerprint density at radius 3 is 1.73 bits per heavy atom. The van der Waals surface area contributed by atoms with E-state index in [9.17, 15) is 0 Å². The smallest absolute Gasteiger partial charge is 0.0240 e. The zero-order chi connectivity index (χ0) is 9.28. The fraction of sp³-hybridized carbons (Fsp3) is 1.00. The Labute approximate surface area is 82.7 Å². The summed E-state index contributed by atoms with van der Waals surface area (Å²) >= 11 is 3.76. The lowest BCUT2D eigenvalue weighted by Gasteiger charge is -2.31. The van der Waals surface area contributed by atoms with Gasteiger partial charge < -0.3 is 0 Å². The first-order valence-corrected chi connectivity index (χ1v) is 6.11. The predicted molar refractivity (Wildman–Crippen MR) is 60.5 cm³/mol. The van der Waals surface area contributed by atoms with Crippen molar-refractivity contribution in [2.45, 2.75) is 45.0 Å². The topological polar surface area (TPSA) is 0 Å². The second-order valence-electron chi connectivity index (χ2n) is 5.23. The van der Waals surface area contributed by atoms with Gasteiger partial charge in [0, 0.05) is 14.2 Å². The molecule has 0 aromatic rings. The molecule has 0 amide bonds. The van der Waals surface area contributed by atoms with Gasteiger partial charge in [-0.05, 0) is 17.8 Å². The zero-order valence-electron chi connectivity index (χ0n) is 8.66. The lowest BCUT2D eigenvalue weighted by Crippen LogP contribution is -2.29. The van der Waals surface area contributed by atoms with Crippen molar-refractivity contribution in [2.75, 3.05) is 0 Å². The molecule has 0 bridgehead atoms. The third-order valence-electron chi connectivity index (χ3n) is 2.09. The molecule has 68 valence electrons. The Hall–Kier alpha value is 0.697. The molecule has 0 aromatic carbocycles. The zero-order valence-corrected chi connectivity index (χ0v) is 12.2. The van der Waals surface area contributed by atoms with Crippen LogP contribution in [0, 0.1) is 11.3 Å². The minimum Gasteiger partial charge on any atom is -0.0900 e. The summed E-state index contributed by atoms with van der Waals surface area (Å²) in [6, 6.07) is 0. The lowest BCUT2D eigenvalue weighted by molar-refractivity contribution is 0.298. The van der Waals surface area contributed by atoms with Crippen LogP contribution in [-0.2, 0) is 0 Å². The average Bonchev–Trinajstić information content (AvgIpc) is 1.56. The van der Waals surface area contributed by atoms with Crippen LogP contribution in [0.2, 0.25) is 0 Å². The maximum absolute atomic E-state index is 3.76. The Kier molecular flexibility index (Phi) is 3.84. The maximum atomic E-state index is 3.76. The largest absolute Gasteiger partial charge is 0.0900 e. The quantitative estimate of drug-likeness (QED) is 0.511. The van der Waals surface area contributed by atoms with Crippen LogP contribution in [0.1, 0.15) is 41.0 Å². The molecule has 0 aliphatic heterocycles. The summed E-state index contributed by atoms with van der Waals surface area (Å²) in [5.74, 6) is 0.786. The molecule has 2 heteroatoms. The number of hydrogen-bond donors (Lipinski definition) is 0. The molecule has 2 unspecified atom stereocenters. The van der Waals surface area contributed by atoms with Crippen molar-refractivity contribution in [3.63, 3.8) is 0 Å². The van der Waals surface area contributed by atoms with E-state index in [1.807, 2.05) is 0 Å². The number of rotatable bonds is 2. The van der Waals surface area contributed by atoms with Crippen LogP contribution in [-0.4, -0.2) is 14.2 Å². The van der Waals surface area contributed by atoms with E-state index >= 15 is 0 Å². The van der Waals surface area contributed by atoms with Gasteiger partial charge in [0.2, 0.25) is 0 Å². The fourth-order valence-electron chi connectivity index (χ4n) is 1.16. The molecule has 0 heterocycles. The van der Waals surface area contributed by atoms with Gasteiger partial charge in [0.05, 0.1) is 0 Å². The second-order valence-corrected chi connectivity index (χ2v) is 10.8. The monoisotopic (exact) mass is 236 g/mol. The van der Waals surface area contributed by atoms with Crippen molar-refractivity contribution in [1.29, 1.82) is 0 Å². The molecule has 0 aromatic heterocycles. The lowest BCUT2D eigenvalue weighted by atomic mass is 9.84. The summed E-state index contributed by atoms with van der Waals surface area (Å²) in [7, 11) is 1.22. The summed E-state index contributed by atoms with van der Waals surface area (Å²) in [4.78, 5) is 0. The molecular weight excluding hydrogens is 216 g/mol. The van der Waals surface area contributed by atoms with E-state index in [0.29, 0.717) is 9.36 Å². The van der Waals surface area contributed by atoms with Gasteiger partial charge in [0.15, 0.2) is 0 Å². The number of halogens is 1. The van der Waals surface area contributed by atoms with E-state index in [0.717, 1.165) is 5.92 Å². The van der Waals surface area contributed by atoms with Crippen molar-refractivity contribution < 1.29 is 0 Å². The first-order chi connectivity index (χ1) is 4.63. The molecule has 0 N–H and O–H groups in total. The van der Waals surface area contributed by atoms with Crippen LogP contribution in [0.25, 0.3) is 0 Å². The van der Waals surface area contributed by atoms with E-state index in [1.165, 1.54) is 16.7 Å². The van der Waals surface area contributed by atoms with E-state index in [1.54, 1.807) is 0 Å². The third-order valence-corrected chi connectivity index (χ3v) is 3.86. The third kappa shape index (κ3) is 5.91. The van der Waals surface area contributed by atoms with Crippen molar-refractivity contribution >= 4 is 26.2 Å². The van der Waals surface area contributed by atoms with Crippen LogP contribution >= 0.6 is 15.9 Å². The van der Waals surface area contributed by atoms with E-state index in [4.69, 9.17) is 0 Å². The first kappa shape index (κ1) is 11.7. The summed E-state index contributed by atoms with van der Waals surface area (Å²) in [6.07, 6.45) is 1.30. The maximum Gasteiger partial charge on any atom is 0.0240 e. The molecule has 0 radical (unpaired) electrons. The van der Waals surface area contributed by atoms with Gasteiger partial charge in [-0.15, -0.1) is 0 Å². The summed E-state index contributed by atoms with van der Waals surface area (Å²) in [5.41, 5.74) is 0.471. The van der Waals surface area contributed by atoms with Crippen molar-refractivity contribution in [3.8, 4) is 0 Å². The summed E-state index contributed by atoms with van der Waals surface area (Å²) in [5, 5.41) is 0. The van der Waals surface area contributed by atoms with Gasteiger partial charge in [-0.3, -0.25) is 0 Å². The fourth-order valence-corrected chi connectivity index (χ4v) is 1.53. The van der Waals surface area contributed by atoms with Crippen LogP contribution in [0.5, 0.6) is 0 Å². The standard InChI is InChI=1S/C9H21BrSi/c1-7(9(5,10)11)6-8(2,3)4/h7H,6H2,1-5,11H3. The Morgan fingerprint density at radius 2 is 1.64 bits per heavy atom. The minimum atomic E-state index is 0.417. The number of hydrogen-bond acceptors (Lipinski definition) is 0. The van der Waals surface area contributed by atoms with Crippen LogP contribution in [0.3, 0.4) is 0 Å². The summed E-state index contributed by atoms with van der Waals surface area (Å²) in [6.45, 7) is 11.6. The Morgan fingerprint density at radius 1 is 1.27 bits per heavy atom. The molecule has 0 nitrogen and oxygen atoms in total. The summed E-state index contributed by atoms with van der Waals surface area (Å²) < 4.78 is 0.417. The van der Waals surface area contributed by atoms with Crippen molar-refractivity contribution in [2.24, 2.45) is 11.3 Å². The molecular formula is C9H21BrSi. The van der Waals surface area contributed by atoms with Gasteiger partial charge in [0.1, 0.15) is 0 Å². The molecule has 0 aliphatic rings. The van der Waals surface area contributed by atoms with E-state index < -0.39 is 0 Å². The molecule has 2 atom stereocenters. The van der Waals surface area contributed by atoms with Gasteiger partial charge in [-0.1, -0.05) is 50.5 Å². The highest BCUT2D eigenvalue weighted by molar-refractivity contribution is 9.10. The molecule has 11 heavy (non-hydrogen) atoms. The Bertz CT molecular complexity index is 119. The molecule has 0 saturated carbocycles. The molecule has 0 spiro atoms. The first-order valence-electron chi connectivity index (χ1n) is 4.32. The second kappa shape index (κ2) is 3.61. The van der Waals surface area contributed by atoms with Gasteiger partial charge in [-0.25, -0.2) is 0 Å². The molecule has 0 saturated heterocycles. The predicted octanol–water partition coefficient (Wildman–Crippen LogP) is 2.54. The van der Waals surface area contributed by atoms with Crippen LogP contribution < -0.4 is 0 Å². The SMILES string of the molecule is CC(CC(C)(C)C)C(C)([SiH3])Br. The highest BCUT2D eigenvalue weighted by Crippen LogP contribution is 2.33. The average molecular weight is 237 g/mol. The highest BCUT2D eigenvalue weighted by atomic mass is 79.9. The molecule has 0 rings (SSSR count). The van der Waals surface area contributed by atoms with Gasteiger partial charge in [0.25, 0.3) is 0 Å². The van der Waals surface area contributed by atoms with Crippen molar-refractivity contribution in [1.82, 2.24) is 0 Å². The number of alkyl halides is 1. The van der Waals surface area contributed by atoms with E-state index in [-0.39, 0.29) is 0 Å². The van der Waals surface area contributed by atoms with E-state index in [2.05, 4.69) is 50.5 Å². The van der Waals surface area contributed by atoms with Crippen LogP contribution in [0.4, 0.5) is 0 Å². The van der Waals surface area contributed by atoms with Gasteiger partial charge >= 0.3 is 0 Å².